The lowest BCUT2D eigenvalue weighted by Crippen LogP contribution is -1.92. The fraction of sp³-hybridized carbons (Fsp3) is 0.200. The molecule has 0 aliphatic heterocycles. The van der Waals surface area contributed by atoms with Crippen LogP contribution < -0.4 is 0 Å². The van der Waals surface area contributed by atoms with E-state index in [1.165, 1.54) is 0 Å². The van der Waals surface area contributed by atoms with Crippen molar-refractivity contribution in [3.05, 3.63) is 18.3 Å². The maximum absolute atomic E-state index is 3.73. The molecule has 0 rings (SSSR count). The fourth-order valence-corrected chi connectivity index (χ4v) is 0. The van der Waals surface area contributed by atoms with Crippen LogP contribution >= 0.6 is 0 Å². The summed E-state index contributed by atoms with van der Waals surface area (Å²) in [6.07, 6.45) is 3.73. The van der Waals surface area contributed by atoms with E-state index in [-0.39, 0.29) is 0 Å². The highest BCUT2D eigenvalue weighted by atomic mass is 28.2. The van der Waals surface area contributed by atoms with Gasteiger partial charge in [-0.05, 0) is 26.2 Å². The van der Waals surface area contributed by atoms with Crippen LogP contribution in [0.5, 0.6) is 0 Å². The highest BCUT2D eigenvalue weighted by molar-refractivity contribution is 6.70. The summed E-state index contributed by atoms with van der Waals surface area (Å²) in [4.78, 5) is 0. The van der Waals surface area contributed by atoms with Crippen molar-refractivity contribution in [2.24, 2.45) is 0 Å². The summed E-state index contributed by atoms with van der Waals surface area (Å²) >= 11 is 0. The zero-order valence-electron chi connectivity index (χ0n) is 4.12. The predicted octanol–water partition coefficient (Wildman–Crippen LogP) is 0.983. The first-order valence-electron chi connectivity index (χ1n) is 1.81. The number of allylic oxidation sites excluding steroid dienone is 1. The van der Waals surface area contributed by atoms with Gasteiger partial charge in [0.1, 0.15) is 0 Å². The maximum Gasteiger partial charge on any atom is 0.276 e. The molecule has 0 saturated heterocycles. The van der Waals surface area contributed by atoms with E-state index in [0.717, 1.165) is 5.20 Å². The van der Waals surface area contributed by atoms with Gasteiger partial charge in [0.05, 0.1) is 0 Å². The molecule has 0 atom stereocenters. The Labute approximate surface area is 40.7 Å². The smallest absolute Gasteiger partial charge is 0.0471 e. The molecule has 1 heteroatoms. The Morgan fingerprint density at radius 3 is 2.00 bits per heavy atom. The van der Waals surface area contributed by atoms with Crippen molar-refractivity contribution >= 4 is 14.6 Å². The summed E-state index contributed by atoms with van der Waals surface area (Å²) in [5.41, 5.74) is 0. The van der Waals surface area contributed by atoms with Crippen LogP contribution in [-0.4, -0.2) is 14.6 Å². The lowest BCUT2D eigenvalue weighted by atomic mass is 10.8. The molecule has 0 aromatic rings. The topological polar surface area (TPSA) is 0 Å². The van der Waals surface area contributed by atoms with E-state index in [1.807, 2.05) is 6.92 Å². The standard InChI is InChI=1S/C5H9Si/c1-5(2)6(3)4/h1,3-4H2,2H3/q+1. The Morgan fingerprint density at radius 2 is 2.00 bits per heavy atom. The predicted molar refractivity (Wildman–Crippen MR) is 33.0 cm³/mol. The molecule has 0 spiro atoms. The van der Waals surface area contributed by atoms with Gasteiger partial charge in [-0.2, -0.15) is 0 Å². The summed E-state index contributed by atoms with van der Waals surface area (Å²) in [6.45, 7) is 9.37. The minimum absolute atomic E-state index is 0.646. The molecule has 0 fully saturated rings. The molecule has 6 heavy (non-hydrogen) atoms. The van der Waals surface area contributed by atoms with E-state index < -0.39 is 8.41 Å². The third kappa shape index (κ3) is 1.97. The zero-order chi connectivity index (χ0) is 5.15. The van der Waals surface area contributed by atoms with Crippen LogP contribution in [0.25, 0.3) is 0 Å². The van der Waals surface area contributed by atoms with Gasteiger partial charge in [-0.3, -0.25) is 0 Å². The van der Waals surface area contributed by atoms with Gasteiger partial charge in [0.15, 0.2) is 0 Å². The third-order valence-corrected chi connectivity index (χ3v) is 1.81. The van der Waals surface area contributed by atoms with Crippen LogP contribution in [0.3, 0.4) is 0 Å². The SMILES string of the molecule is C=C(C)[Si](=C)[CH2+]. The molecule has 0 radical (unpaired) electrons. The van der Waals surface area contributed by atoms with Gasteiger partial charge in [0, 0.05) is 5.20 Å². The van der Waals surface area contributed by atoms with Gasteiger partial charge in [0.25, 0.3) is 8.41 Å². The zero-order valence-corrected chi connectivity index (χ0v) is 5.12. The summed E-state index contributed by atoms with van der Waals surface area (Å²) in [6, 6.07) is 0. The quantitative estimate of drug-likeness (QED) is 0.338. The molecule has 0 saturated carbocycles. The first kappa shape index (κ1) is 5.70. The van der Waals surface area contributed by atoms with E-state index in [0.29, 0.717) is 0 Å². The monoisotopic (exact) mass is 97.0 g/mol. The number of hydrogen-bond acceptors (Lipinski definition) is 0. The molecule has 0 nitrogen and oxygen atoms in total. The van der Waals surface area contributed by atoms with Crippen molar-refractivity contribution in [2.75, 3.05) is 0 Å². The Morgan fingerprint density at radius 1 is 1.83 bits per heavy atom. The number of rotatable bonds is 1. The molecule has 0 aromatic heterocycles. The maximum atomic E-state index is 3.73. The first-order valence-corrected chi connectivity index (χ1v) is 3.72. The summed E-state index contributed by atoms with van der Waals surface area (Å²) < 4.78 is 0. The van der Waals surface area contributed by atoms with Crippen LogP contribution in [0.15, 0.2) is 11.8 Å². The lowest BCUT2D eigenvalue weighted by Gasteiger charge is -1.73. The minimum atomic E-state index is -0.646. The highest BCUT2D eigenvalue weighted by Gasteiger charge is 1.93. The molecular weight excluding hydrogens is 88.1 g/mol. The molecule has 0 unspecified atom stereocenters. The largest absolute Gasteiger partial charge is 0.276 e. The first-order chi connectivity index (χ1) is 2.64. The second-order valence-corrected chi connectivity index (χ2v) is 3.44. The van der Waals surface area contributed by atoms with Crippen LogP contribution in [-0.2, 0) is 0 Å². The van der Waals surface area contributed by atoms with Crippen molar-refractivity contribution in [3.63, 3.8) is 0 Å². The molecule has 0 heterocycles. The second-order valence-electron chi connectivity index (χ2n) is 1.38. The van der Waals surface area contributed by atoms with E-state index >= 15 is 0 Å². The molecule has 0 aliphatic carbocycles. The van der Waals surface area contributed by atoms with Crippen molar-refractivity contribution in [1.29, 1.82) is 0 Å². The van der Waals surface area contributed by atoms with Crippen LogP contribution in [0.2, 0.25) is 0 Å². The second kappa shape index (κ2) is 1.98. The van der Waals surface area contributed by atoms with Crippen molar-refractivity contribution in [2.45, 2.75) is 6.92 Å². The van der Waals surface area contributed by atoms with Gasteiger partial charge in [-0.25, -0.2) is 0 Å². The van der Waals surface area contributed by atoms with Crippen molar-refractivity contribution in [1.82, 2.24) is 0 Å². The Hall–Kier alpha value is -0.303. The van der Waals surface area contributed by atoms with Crippen molar-refractivity contribution < 1.29 is 0 Å². The van der Waals surface area contributed by atoms with E-state index in [9.17, 15) is 0 Å². The van der Waals surface area contributed by atoms with Crippen molar-refractivity contribution in [3.8, 4) is 0 Å². The minimum Gasteiger partial charge on any atom is -0.0471 e. The molecule has 0 bridgehead atoms. The molecule has 32 valence electrons. The van der Waals surface area contributed by atoms with Gasteiger partial charge in [-0.15, -0.1) is 0 Å². The Balaban J connectivity index is 3.57. The molecule has 0 N–H and O–H groups in total. The van der Waals surface area contributed by atoms with Gasteiger partial charge in [-0.1, -0.05) is 0 Å². The van der Waals surface area contributed by atoms with Crippen LogP contribution in [0, 0.1) is 6.55 Å². The highest BCUT2D eigenvalue weighted by Crippen LogP contribution is 1.80. The summed E-state index contributed by atoms with van der Waals surface area (Å²) in [5, 5.41) is 1.14. The molecular formula is C5H9Si+. The Kier molecular flexibility index (Phi) is 1.88. The van der Waals surface area contributed by atoms with Gasteiger partial charge in [0.2, 0.25) is 0 Å². The Bertz CT molecular complexity index is 69.9. The average molecular weight is 97.2 g/mol. The molecule has 0 amide bonds. The van der Waals surface area contributed by atoms with Gasteiger partial charge < -0.3 is 0 Å². The normalized spacial score (nSPS) is 7.50. The molecule has 0 aromatic carbocycles. The van der Waals surface area contributed by atoms with E-state index in [2.05, 4.69) is 19.3 Å². The molecule has 0 aliphatic rings. The average Bonchev–Trinajstić information content (AvgIpc) is 1.36. The fourth-order valence-electron chi connectivity index (χ4n) is 0. The lowest BCUT2D eigenvalue weighted by molar-refractivity contribution is 1.70. The van der Waals surface area contributed by atoms with Crippen LogP contribution in [0.4, 0.5) is 0 Å². The number of hydrogen-bond donors (Lipinski definition) is 0. The van der Waals surface area contributed by atoms with E-state index in [4.69, 9.17) is 0 Å². The van der Waals surface area contributed by atoms with Crippen LogP contribution in [0.1, 0.15) is 6.92 Å². The van der Waals surface area contributed by atoms with Gasteiger partial charge >= 0.3 is 0 Å². The summed E-state index contributed by atoms with van der Waals surface area (Å²) in [5.74, 6) is 0. The van der Waals surface area contributed by atoms with E-state index in [1.54, 1.807) is 0 Å². The third-order valence-electron chi connectivity index (χ3n) is 0.604. The summed E-state index contributed by atoms with van der Waals surface area (Å²) in [7, 11) is -0.646.